The largest absolute Gasteiger partial charge is 0.494 e. The number of ether oxygens (including phenoxy) is 1. The highest BCUT2D eigenvalue weighted by molar-refractivity contribution is 6.35. The van der Waals surface area contributed by atoms with E-state index in [9.17, 15) is 4.39 Å². The first-order valence-electron chi connectivity index (χ1n) is 6.06. The molecule has 0 fully saturated rings. The predicted molar refractivity (Wildman–Crippen MR) is 81.5 cm³/mol. The summed E-state index contributed by atoms with van der Waals surface area (Å²) in [5.41, 5.74) is 1.67. The van der Waals surface area contributed by atoms with Crippen LogP contribution >= 0.6 is 23.2 Å². The lowest BCUT2D eigenvalue weighted by Crippen LogP contribution is -2.07. The second-order valence-corrected chi connectivity index (χ2v) is 5.22. The fourth-order valence-electron chi connectivity index (χ4n) is 1.93. The molecule has 0 saturated carbocycles. The minimum Gasteiger partial charge on any atom is -0.494 e. The molecule has 5 heteroatoms. The first-order chi connectivity index (χ1) is 9.51. The van der Waals surface area contributed by atoms with Crippen LogP contribution < -0.4 is 10.1 Å². The Balaban J connectivity index is 2.21. The molecular weight excluding hydrogens is 300 g/mol. The minimum absolute atomic E-state index is 0.0464. The van der Waals surface area contributed by atoms with Crippen molar-refractivity contribution in [1.82, 2.24) is 0 Å². The highest BCUT2D eigenvalue weighted by Crippen LogP contribution is 2.30. The van der Waals surface area contributed by atoms with Gasteiger partial charge in [0.05, 0.1) is 7.11 Å². The SMILES string of the molecule is COc1cc(NC(C)c2ccc(Cl)cc2Cl)ccc1F. The summed E-state index contributed by atoms with van der Waals surface area (Å²) in [5.74, 6) is -0.195. The molecule has 0 aliphatic heterocycles. The van der Waals surface area contributed by atoms with Crippen LogP contribution in [0.25, 0.3) is 0 Å². The van der Waals surface area contributed by atoms with Gasteiger partial charge in [-0.3, -0.25) is 0 Å². The van der Waals surface area contributed by atoms with Crippen molar-refractivity contribution >= 4 is 28.9 Å². The fourth-order valence-corrected chi connectivity index (χ4v) is 2.50. The van der Waals surface area contributed by atoms with Gasteiger partial charge in [0.25, 0.3) is 0 Å². The Labute approximate surface area is 127 Å². The molecular formula is C15H14Cl2FNO. The van der Waals surface area contributed by atoms with E-state index in [0.29, 0.717) is 10.0 Å². The third-order valence-corrected chi connectivity index (χ3v) is 3.53. The zero-order valence-electron chi connectivity index (χ0n) is 11.1. The molecule has 0 amide bonds. The summed E-state index contributed by atoms with van der Waals surface area (Å²) in [6, 6.07) is 9.91. The molecule has 0 heterocycles. The molecule has 0 bridgehead atoms. The van der Waals surface area contributed by atoms with Gasteiger partial charge in [-0.25, -0.2) is 4.39 Å². The van der Waals surface area contributed by atoms with Crippen LogP contribution in [0.5, 0.6) is 5.75 Å². The van der Waals surface area contributed by atoms with Crippen LogP contribution in [0.2, 0.25) is 10.0 Å². The van der Waals surface area contributed by atoms with Crippen molar-refractivity contribution in [2.45, 2.75) is 13.0 Å². The van der Waals surface area contributed by atoms with Gasteiger partial charge in [0.1, 0.15) is 0 Å². The standard InChI is InChI=1S/C15H14Cl2FNO/c1-9(12-5-3-10(16)7-13(12)17)19-11-4-6-14(18)15(8-11)20-2/h3-9,19H,1-2H3. The van der Waals surface area contributed by atoms with Crippen molar-refractivity contribution < 1.29 is 9.13 Å². The van der Waals surface area contributed by atoms with E-state index in [4.69, 9.17) is 27.9 Å². The Kier molecular flexibility index (Phi) is 4.73. The summed E-state index contributed by atoms with van der Waals surface area (Å²) in [5, 5.41) is 4.43. The van der Waals surface area contributed by atoms with Crippen LogP contribution in [0.1, 0.15) is 18.5 Å². The number of halogens is 3. The number of nitrogens with one attached hydrogen (secondary N) is 1. The molecule has 2 aromatic carbocycles. The molecule has 20 heavy (non-hydrogen) atoms. The molecule has 1 unspecified atom stereocenters. The number of hydrogen-bond acceptors (Lipinski definition) is 2. The summed E-state index contributed by atoms with van der Waals surface area (Å²) in [6.45, 7) is 1.96. The highest BCUT2D eigenvalue weighted by Gasteiger charge is 2.11. The van der Waals surface area contributed by atoms with Crippen molar-refractivity contribution in [2.24, 2.45) is 0 Å². The van der Waals surface area contributed by atoms with Gasteiger partial charge in [-0.2, -0.15) is 0 Å². The molecule has 2 rings (SSSR count). The van der Waals surface area contributed by atoms with E-state index in [1.165, 1.54) is 13.2 Å². The maximum Gasteiger partial charge on any atom is 0.165 e. The number of hydrogen-bond donors (Lipinski definition) is 1. The topological polar surface area (TPSA) is 21.3 Å². The number of methoxy groups -OCH3 is 1. The second kappa shape index (κ2) is 6.33. The lowest BCUT2D eigenvalue weighted by molar-refractivity contribution is 0.387. The molecule has 1 N–H and O–H groups in total. The fraction of sp³-hybridized carbons (Fsp3) is 0.200. The summed E-state index contributed by atoms with van der Waals surface area (Å²) < 4.78 is 18.3. The Bertz CT molecular complexity index is 619. The zero-order chi connectivity index (χ0) is 14.7. The van der Waals surface area contributed by atoms with E-state index < -0.39 is 5.82 Å². The smallest absolute Gasteiger partial charge is 0.165 e. The van der Waals surface area contributed by atoms with Gasteiger partial charge in [-0.15, -0.1) is 0 Å². The van der Waals surface area contributed by atoms with Crippen molar-refractivity contribution in [2.75, 3.05) is 12.4 Å². The van der Waals surface area contributed by atoms with Crippen molar-refractivity contribution in [3.63, 3.8) is 0 Å². The highest BCUT2D eigenvalue weighted by atomic mass is 35.5. The normalized spacial score (nSPS) is 12.1. The zero-order valence-corrected chi connectivity index (χ0v) is 12.6. The summed E-state index contributed by atoms with van der Waals surface area (Å²) >= 11 is 12.0. The summed E-state index contributed by atoms with van der Waals surface area (Å²) in [6.07, 6.45) is 0. The van der Waals surface area contributed by atoms with Gasteiger partial charge in [0.15, 0.2) is 11.6 Å². The van der Waals surface area contributed by atoms with Crippen LogP contribution in [0, 0.1) is 5.82 Å². The van der Waals surface area contributed by atoms with Gasteiger partial charge in [-0.1, -0.05) is 29.3 Å². The lowest BCUT2D eigenvalue weighted by Gasteiger charge is -2.18. The minimum atomic E-state index is -0.393. The van der Waals surface area contributed by atoms with Crippen LogP contribution in [0.3, 0.4) is 0 Å². The summed E-state index contributed by atoms with van der Waals surface area (Å²) in [7, 11) is 1.43. The number of rotatable bonds is 4. The van der Waals surface area contributed by atoms with E-state index in [0.717, 1.165) is 11.3 Å². The van der Waals surface area contributed by atoms with E-state index >= 15 is 0 Å². The molecule has 0 radical (unpaired) electrons. The van der Waals surface area contributed by atoms with Gasteiger partial charge in [-0.05, 0) is 36.8 Å². The van der Waals surface area contributed by atoms with Crippen molar-refractivity contribution in [3.05, 3.63) is 57.8 Å². The van der Waals surface area contributed by atoms with E-state index in [1.807, 2.05) is 13.0 Å². The monoisotopic (exact) mass is 313 g/mol. The van der Waals surface area contributed by atoms with E-state index in [-0.39, 0.29) is 11.8 Å². The van der Waals surface area contributed by atoms with Crippen molar-refractivity contribution in [3.8, 4) is 5.75 Å². The molecule has 1 atom stereocenters. The van der Waals surface area contributed by atoms with Crippen LogP contribution in [-0.4, -0.2) is 7.11 Å². The number of anilines is 1. The molecule has 106 valence electrons. The van der Waals surface area contributed by atoms with Gasteiger partial charge in [0, 0.05) is 27.8 Å². The molecule has 0 saturated heterocycles. The Hall–Kier alpha value is -1.45. The third-order valence-electron chi connectivity index (χ3n) is 2.96. The average molecular weight is 314 g/mol. The van der Waals surface area contributed by atoms with E-state index in [2.05, 4.69) is 5.32 Å². The van der Waals surface area contributed by atoms with Crippen LogP contribution in [0.4, 0.5) is 10.1 Å². The molecule has 0 aliphatic carbocycles. The third kappa shape index (κ3) is 3.35. The second-order valence-electron chi connectivity index (χ2n) is 4.38. The van der Waals surface area contributed by atoms with Gasteiger partial charge < -0.3 is 10.1 Å². The van der Waals surface area contributed by atoms with Crippen LogP contribution in [0.15, 0.2) is 36.4 Å². The predicted octanol–water partition coefficient (Wildman–Crippen LogP) is 5.31. The molecule has 0 aromatic heterocycles. The van der Waals surface area contributed by atoms with Gasteiger partial charge >= 0.3 is 0 Å². The quantitative estimate of drug-likeness (QED) is 0.825. The average Bonchev–Trinajstić information content (AvgIpc) is 2.40. The summed E-state index contributed by atoms with van der Waals surface area (Å²) in [4.78, 5) is 0. The molecule has 0 aliphatic rings. The molecule has 0 spiro atoms. The van der Waals surface area contributed by atoms with Crippen molar-refractivity contribution in [1.29, 1.82) is 0 Å². The Morgan fingerprint density at radius 1 is 1.15 bits per heavy atom. The maximum absolute atomic E-state index is 13.4. The first kappa shape index (κ1) is 14.9. The molecule has 2 nitrogen and oxygen atoms in total. The number of benzene rings is 2. The maximum atomic E-state index is 13.4. The van der Waals surface area contributed by atoms with E-state index in [1.54, 1.807) is 24.3 Å². The lowest BCUT2D eigenvalue weighted by atomic mass is 10.1. The Morgan fingerprint density at radius 3 is 2.55 bits per heavy atom. The van der Waals surface area contributed by atoms with Crippen LogP contribution in [-0.2, 0) is 0 Å². The Morgan fingerprint density at radius 2 is 1.90 bits per heavy atom. The first-order valence-corrected chi connectivity index (χ1v) is 6.82. The molecule has 2 aromatic rings. The van der Waals surface area contributed by atoms with Gasteiger partial charge in [0.2, 0.25) is 0 Å².